The van der Waals surface area contributed by atoms with Gasteiger partial charge in [0.25, 0.3) is 5.91 Å². The minimum absolute atomic E-state index is 0.0341. The lowest BCUT2D eigenvalue weighted by molar-refractivity contribution is -0.130. The minimum Gasteiger partial charge on any atom is -0.493 e. The summed E-state index contributed by atoms with van der Waals surface area (Å²) in [5, 5.41) is 0.826. The Labute approximate surface area is 156 Å². The molecule has 144 valence electrons. The Morgan fingerprint density at radius 3 is 2.78 bits per heavy atom. The number of alkyl halides is 1. The second-order valence-corrected chi connectivity index (χ2v) is 7.28. The number of carbonyl (C=O) groups excluding carboxylic acids is 2. The second-order valence-electron chi connectivity index (χ2n) is 7.28. The van der Waals surface area contributed by atoms with Gasteiger partial charge in [0.1, 0.15) is 0 Å². The summed E-state index contributed by atoms with van der Waals surface area (Å²) in [4.78, 5) is 28.5. The van der Waals surface area contributed by atoms with Crippen LogP contribution in [0.3, 0.4) is 0 Å². The Morgan fingerprint density at radius 1 is 1.33 bits per heavy atom. The predicted octanol–water partition coefficient (Wildman–Crippen LogP) is 2.86. The lowest BCUT2D eigenvalue weighted by Gasteiger charge is -2.36. The van der Waals surface area contributed by atoms with Crippen molar-refractivity contribution in [1.82, 2.24) is 9.80 Å². The Morgan fingerprint density at radius 2 is 2.11 bits per heavy atom. The smallest absolute Gasteiger partial charge is 0.289 e. The third-order valence-corrected chi connectivity index (χ3v) is 5.59. The normalized spacial score (nSPS) is 21.3. The average Bonchev–Trinajstić information content (AvgIpc) is 3.30. The van der Waals surface area contributed by atoms with Crippen molar-refractivity contribution in [2.45, 2.75) is 25.3 Å². The number of nitrogens with zero attached hydrogens (tertiary/aromatic N) is 2. The number of halogens is 1. The van der Waals surface area contributed by atoms with Crippen molar-refractivity contribution in [3.8, 4) is 5.75 Å². The maximum Gasteiger partial charge on any atom is 0.289 e. The summed E-state index contributed by atoms with van der Waals surface area (Å²) in [7, 11) is 1.57. The maximum atomic E-state index is 12.9. The topological polar surface area (TPSA) is 63.0 Å². The van der Waals surface area contributed by atoms with E-state index in [1.165, 1.54) is 0 Å². The molecule has 2 fully saturated rings. The molecule has 0 saturated carbocycles. The summed E-state index contributed by atoms with van der Waals surface area (Å²) >= 11 is 0. The van der Waals surface area contributed by atoms with Gasteiger partial charge >= 0.3 is 0 Å². The SMILES string of the molecule is COc1cccc2cc(C(=O)N3CCC(N4CC(CF)CC4=O)CC3)oc12. The van der Waals surface area contributed by atoms with Crippen LogP contribution in [0.5, 0.6) is 5.75 Å². The molecule has 0 N–H and O–H groups in total. The van der Waals surface area contributed by atoms with Gasteiger partial charge in [-0.05, 0) is 25.0 Å². The fraction of sp³-hybridized carbons (Fsp3) is 0.500. The molecular formula is C20H23FN2O4. The molecule has 7 heteroatoms. The van der Waals surface area contributed by atoms with Crippen molar-refractivity contribution >= 4 is 22.8 Å². The van der Waals surface area contributed by atoms with E-state index in [1.54, 1.807) is 29.0 Å². The van der Waals surface area contributed by atoms with Crippen molar-refractivity contribution in [1.29, 1.82) is 0 Å². The van der Waals surface area contributed by atoms with Gasteiger partial charge in [-0.3, -0.25) is 14.0 Å². The van der Waals surface area contributed by atoms with E-state index in [-0.39, 0.29) is 23.8 Å². The van der Waals surface area contributed by atoms with Gasteiger partial charge in [-0.15, -0.1) is 0 Å². The number of hydrogen-bond acceptors (Lipinski definition) is 4. The summed E-state index contributed by atoms with van der Waals surface area (Å²) in [6.07, 6.45) is 1.72. The fourth-order valence-corrected chi connectivity index (χ4v) is 4.10. The van der Waals surface area contributed by atoms with Gasteiger partial charge in [0, 0.05) is 43.4 Å². The number of furan rings is 1. The molecule has 1 aromatic heterocycles. The third kappa shape index (κ3) is 3.26. The number of likely N-dealkylation sites (tertiary alicyclic amines) is 2. The molecule has 2 aliphatic rings. The second kappa shape index (κ2) is 7.21. The standard InChI is InChI=1S/C20H23FN2O4/c1-26-16-4-2-3-14-10-17(27-19(14)16)20(25)22-7-5-15(6-8-22)23-12-13(11-21)9-18(23)24/h2-4,10,13,15H,5-9,11-12H2,1H3. The monoisotopic (exact) mass is 374 g/mol. The largest absolute Gasteiger partial charge is 0.493 e. The first-order chi connectivity index (χ1) is 13.1. The zero-order valence-corrected chi connectivity index (χ0v) is 15.3. The molecule has 2 saturated heterocycles. The summed E-state index contributed by atoms with van der Waals surface area (Å²) in [5.74, 6) is 0.596. The highest BCUT2D eigenvalue weighted by atomic mass is 19.1. The summed E-state index contributed by atoms with van der Waals surface area (Å²) in [6.45, 7) is 1.16. The highest BCUT2D eigenvalue weighted by Gasteiger charge is 2.36. The summed E-state index contributed by atoms with van der Waals surface area (Å²) in [6, 6.07) is 7.36. The number of piperidine rings is 1. The Kier molecular flexibility index (Phi) is 4.76. The zero-order valence-electron chi connectivity index (χ0n) is 15.3. The summed E-state index contributed by atoms with van der Waals surface area (Å²) in [5.41, 5.74) is 0.568. The first kappa shape index (κ1) is 17.8. The van der Waals surface area contributed by atoms with Crippen LogP contribution in [0.15, 0.2) is 28.7 Å². The van der Waals surface area contributed by atoms with Gasteiger partial charge in [-0.25, -0.2) is 0 Å². The van der Waals surface area contributed by atoms with Crippen LogP contribution in [0.2, 0.25) is 0 Å². The summed E-state index contributed by atoms with van der Waals surface area (Å²) < 4.78 is 23.9. The van der Waals surface area contributed by atoms with Crippen molar-refractivity contribution in [3.63, 3.8) is 0 Å². The highest BCUT2D eigenvalue weighted by Crippen LogP contribution is 2.30. The number of para-hydroxylation sites is 1. The number of amides is 2. The molecule has 0 radical (unpaired) electrons. The fourth-order valence-electron chi connectivity index (χ4n) is 4.10. The van der Waals surface area contributed by atoms with E-state index >= 15 is 0 Å². The van der Waals surface area contributed by atoms with Crippen molar-refractivity contribution < 1.29 is 23.1 Å². The lowest BCUT2D eigenvalue weighted by Crippen LogP contribution is -2.47. The molecule has 0 aliphatic carbocycles. The van der Waals surface area contributed by atoms with Crippen LogP contribution >= 0.6 is 0 Å². The number of hydrogen-bond donors (Lipinski definition) is 0. The Balaban J connectivity index is 1.42. The van der Waals surface area contributed by atoms with E-state index < -0.39 is 6.67 Å². The zero-order chi connectivity index (χ0) is 19.0. The molecular weight excluding hydrogens is 351 g/mol. The van der Waals surface area contributed by atoms with E-state index in [2.05, 4.69) is 0 Å². The van der Waals surface area contributed by atoms with Crippen molar-refractivity contribution in [3.05, 3.63) is 30.0 Å². The molecule has 4 rings (SSSR count). The van der Waals surface area contributed by atoms with Gasteiger partial charge in [0.2, 0.25) is 5.91 Å². The van der Waals surface area contributed by atoms with Crippen LogP contribution in [0.1, 0.15) is 29.8 Å². The van der Waals surface area contributed by atoms with Crippen LogP contribution in [-0.2, 0) is 4.79 Å². The van der Waals surface area contributed by atoms with E-state index in [0.29, 0.717) is 56.0 Å². The number of rotatable bonds is 4. The van der Waals surface area contributed by atoms with Gasteiger partial charge in [0.15, 0.2) is 17.1 Å². The van der Waals surface area contributed by atoms with Crippen molar-refractivity contribution in [2.75, 3.05) is 33.4 Å². The quantitative estimate of drug-likeness (QED) is 0.826. The van der Waals surface area contributed by atoms with E-state index in [9.17, 15) is 14.0 Å². The van der Waals surface area contributed by atoms with E-state index in [1.807, 2.05) is 12.1 Å². The minimum atomic E-state index is -0.449. The molecule has 27 heavy (non-hydrogen) atoms. The van der Waals surface area contributed by atoms with Crippen LogP contribution in [-0.4, -0.2) is 61.1 Å². The molecule has 1 unspecified atom stereocenters. The van der Waals surface area contributed by atoms with E-state index in [0.717, 1.165) is 5.39 Å². The number of fused-ring (bicyclic) bond motifs is 1. The van der Waals surface area contributed by atoms with Crippen LogP contribution in [0, 0.1) is 5.92 Å². The molecule has 0 spiro atoms. The van der Waals surface area contributed by atoms with Crippen LogP contribution < -0.4 is 4.74 Å². The first-order valence-corrected chi connectivity index (χ1v) is 9.32. The molecule has 2 aromatic rings. The van der Waals surface area contributed by atoms with Gasteiger partial charge in [-0.2, -0.15) is 0 Å². The molecule has 0 bridgehead atoms. The number of benzene rings is 1. The van der Waals surface area contributed by atoms with Gasteiger partial charge in [-0.1, -0.05) is 12.1 Å². The van der Waals surface area contributed by atoms with Crippen molar-refractivity contribution in [2.24, 2.45) is 5.92 Å². The molecule has 3 heterocycles. The average molecular weight is 374 g/mol. The van der Waals surface area contributed by atoms with E-state index in [4.69, 9.17) is 9.15 Å². The number of methoxy groups -OCH3 is 1. The highest BCUT2D eigenvalue weighted by molar-refractivity contribution is 5.97. The molecule has 1 atom stereocenters. The predicted molar refractivity (Wildman–Crippen MR) is 97.5 cm³/mol. The lowest BCUT2D eigenvalue weighted by atomic mass is 10.0. The molecule has 2 amide bonds. The van der Waals surface area contributed by atoms with Gasteiger partial charge in [0.05, 0.1) is 13.8 Å². The molecule has 6 nitrogen and oxygen atoms in total. The van der Waals surface area contributed by atoms with Gasteiger partial charge < -0.3 is 19.0 Å². The first-order valence-electron chi connectivity index (χ1n) is 9.32. The third-order valence-electron chi connectivity index (χ3n) is 5.59. The molecule has 1 aromatic carbocycles. The number of ether oxygens (including phenoxy) is 1. The maximum absolute atomic E-state index is 12.9. The van der Waals surface area contributed by atoms with Crippen LogP contribution in [0.25, 0.3) is 11.0 Å². The number of carbonyl (C=O) groups is 2. The van der Waals surface area contributed by atoms with Crippen LogP contribution in [0.4, 0.5) is 4.39 Å². The Bertz CT molecular complexity index is 857. The Hall–Kier alpha value is -2.57. The molecule has 2 aliphatic heterocycles.